The molecule has 0 bridgehead atoms. The highest BCUT2D eigenvalue weighted by Gasteiger charge is 2.04. The molecule has 0 aliphatic rings. The van der Waals surface area contributed by atoms with Crippen LogP contribution in [0.1, 0.15) is 25.0 Å². The minimum Gasteiger partial charge on any atom is -0.484 e. The molecule has 1 N–H and O–H groups in total. The van der Waals surface area contributed by atoms with Crippen molar-refractivity contribution >= 4 is 11.6 Å². The third-order valence-electron chi connectivity index (χ3n) is 4.14. The Labute approximate surface area is 158 Å². The summed E-state index contributed by atoms with van der Waals surface area (Å²) < 4.78 is 7.39. The third-order valence-corrected chi connectivity index (χ3v) is 4.14. The largest absolute Gasteiger partial charge is 0.484 e. The lowest BCUT2D eigenvalue weighted by Crippen LogP contribution is -2.25. The maximum atomic E-state index is 11.9. The quantitative estimate of drug-likeness (QED) is 0.518. The van der Waals surface area contributed by atoms with Gasteiger partial charge < -0.3 is 9.30 Å². The van der Waals surface area contributed by atoms with Crippen LogP contribution in [-0.2, 0) is 11.2 Å². The van der Waals surface area contributed by atoms with Crippen LogP contribution in [0.25, 0.3) is 5.69 Å². The second-order valence-electron chi connectivity index (χ2n) is 6.04. The molecule has 1 heterocycles. The Morgan fingerprint density at radius 3 is 2.52 bits per heavy atom. The highest BCUT2D eigenvalue weighted by Crippen LogP contribution is 2.12. The summed E-state index contributed by atoms with van der Waals surface area (Å²) in [4.78, 5) is 16.0. The number of nitrogens with one attached hydrogen (secondary N) is 1. The van der Waals surface area contributed by atoms with Crippen LogP contribution in [0.15, 0.2) is 72.4 Å². The number of hydrogen-bond acceptors (Lipinski definition) is 4. The zero-order chi connectivity index (χ0) is 19.1. The molecule has 0 saturated carbocycles. The van der Waals surface area contributed by atoms with Crippen molar-refractivity contribution in [3.63, 3.8) is 0 Å². The molecule has 27 heavy (non-hydrogen) atoms. The molecular formula is C21H22N4O2. The monoisotopic (exact) mass is 362 g/mol. The number of benzene rings is 2. The van der Waals surface area contributed by atoms with Crippen LogP contribution in [0.4, 0.5) is 0 Å². The fourth-order valence-corrected chi connectivity index (χ4v) is 2.50. The van der Waals surface area contributed by atoms with Crippen LogP contribution >= 0.6 is 0 Å². The maximum absolute atomic E-state index is 11.9. The van der Waals surface area contributed by atoms with Gasteiger partial charge in [-0.05, 0) is 48.7 Å². The predicted molar refractivity (Wildman–Crippen MR) is 105 cm³/mol. The van der Waals surface area contributed by atoms with E-state index >= 15 is 0 Å². The lowest BCUT2D eigenvalue weighted by Gasteiger charge is -2.07. The fourth-order valence-electron chi connectivity index (χ4n) is 2.50. The van der Waals surface area contributed by atoms with E-state index in [1.165, 1.54) is 5.56 Å². The molecule has 0 fully saturated rings. The van der Waals surface area contributed by atoms with E-state index in [0.717, 1.165) is 17.7 Å². The molecule has 1 aromatic heterocycles. The molecule has 2 aromatic carbocycles. The zero-order valence-electron chi connectivity index (χ0n) is 15.4. The van der Waals surface area contributed by atoms with Crippen LogP contribution in [-0.4, -0.2) is 27.8 Å². The van der Waals surface area contributed by atoms with Crippen LogP contribution < -0.4 is 10.2 Å². The molecule has 0 saturated heterocycles. The lowest BCUT2D eigenvalue weighted by molar-refractivity contribution is -0.123. The molecule has 0 aliphatic heterocycles. The Balaban J connectivity index is 1.52. The van der Waals surface area contributed by atoms with Crippen molar-refractivity contribution in [2.75, 3.05) is 6.61 Å². The SMILES string of the molecule is CCc1ccc(OCC(=O)N/N=C(/C)c2ccc(-n3ccnc3)cc2)cc1. The summed E-state index contributed by atoms with van der Waals surface area (Å²) in [7, 11) is 0. The molecule has 6 nitrogen and oxygen atoms in total. The van der Waals surface area contributed by atoms with Crippen molar-refractivity contribution < 1.29 is 9.53 Å². The number of imidazole rings is 1. The number of ether oxygens (including phenoxy) is 1. The first-order valence-corrected chi connectivity index (χ1v) is 8.79. The summed E-state index contributed by atoms with van der Waals surface area (Å²) in [5.41, 5.74) is 6.40. The first-order valence-electron chi connectivity index (χ1n) is 8.79. The number of nitrogens with zero attached hydrogens (tertiary/aromatic N) is 3. The average Bonchev–Trinajstić information content (AvgIpc) is 3.26. The van der Waals surface area contributed by atoms with E-state index in [0.29, 0.717) is 11.5 Å². The van der Waals surface area contributed by atoms with Gasteiger partial charge in [-0.2, -0.15) is 5.10 Å². The Kier molecular flexibility index (Phi) is 5.99. The summed E-state index contributed by atoms with van der Waals surface area (Å²) in [5, 5.41) is 4.14. The smallest absolute Gasteiger partial charge is 0.277 e. The van der Waals surface area contributed by atoms with Crippen molar-refractivity contribution in [1.82, 2.24) is 15.0 Å². The van der Waals surface area contributed by atoms with Crippen LogP contribution in [0.5, 0.6) is 5.75 Å². The normalized spacial score (nSPS) is 11.3. The average molecular weight is 362 g/mol. The number of aryl methyl sites for hydroxylation is 1. The minimum absolute atomic E-state index is 0.0815. The van der Waals surface area contributed by atoms with E-state index in [9.17, 15) is 4.79 Å². The number of carbonyl (C=O) groups is 1. The van der Waals surface area contributed by atoms with E-state index in [-0.39, 0.29) is 12.5 Å². The molecule has 3 rings (SSSR count). The summed E-state index contributed by atoms with van der Waals surface area (Å²) in [6, 6.07) is 15.6. The van der Waals surface area contributed by atoms with Crippen molar-refractivity contribution in [2.45, 2.75) is 20.3 Å². The fraction of sp³-hybridized carbons (Fsp3) is 0.190. The van der Waals surface area contributed by atoms with Crippen molar-refractivity contribution in [3.05, 3.63) is 78.4 Å². The van der Waals surface area contributed by atoms with Crippen molar-refractivity contribution in [2.24, 2.45) is 5.10 Å². The van der Waals surface area contributed by atoms with Gasteiger partial charge in [-0.15, -0.1) is 0 Å². The number of rotatable bonds is 7. The molecule has 0 aliphatic carbocycles. The van der Waals surface area contributed by atoms with E-state index in [4.69, 9.17) is 4.74 Å². The number of carbonyl (C=O) groups excluding carboxylic acids is 1. The van der Waals surface area contributed by atoms with Gasteiger partial charge in [0.1, 0.15) is 5.75 Å². The molecular weight excluding hydrogens is 340 g/mol. The van der Waals surface area contributed by atoms with Crippen molar-refractivity contribution in [3.8, 4) is 11.4 Å². The number of hydrazone groups is 1. The van der Waals surface area contributed by atoms with Gasteiger partial charge in [0.15, 0.2) is 6.61 Å². The first kappa shape index (κ1) is 18.4. The van der Waals surface area contributed by atoms with Gasteiger partial charge in [-0.25, -0.2) is 10.4 Å². The van der Waals surface area contributed by atoms with Gasteiger partial charge in [-0.3, -0.25) is 4.79 Å². The summed E-state index contributed by atoms with van der Waals surface area (Å²) in [6.45, 7) is 3.85. The predicted octanol–water partition coefficient (Wildman–Crippen LogP) is 3.35. The molecule has 6 heteroatoms. The second-order valence-corrected chi connectivity index (χ2v) is 6.04. The first-order chi connectivity index (χ1) is 13.2. The molecule has 138 valence electrons. The second kappa shape index (κ2) is 8.80. The van der Waals surface area contributed by atoms with Crippen LogP contribution in [0.2, 0.25) is 0 Å². The topological polar surface area (TPSA) is 68.5 Å². The Morgan fingerprint density at radius 2 is 1.89 bits per heavy atom. The van der Waals surface area contributed by atoms with Gasteiger partial charge >= 0.3 is 0 Å². The van der Waals surface area contributed by atoms with Gasteiger partial charge in [-0.1, -0.05) is 31.2 Å². The molecule has 0 atom stereocenters. The van der Waals surface area contributed by atoms with Gasteiger partial charge in [0.25, 0.3) is 5.91 Å². The zero-order valence-corrected chi connectivity index (χ0v) is 15.4. The van der Waals surface area contributed by atoms with E-state index in [1.54, 1.807) is 12.5 Å². The number of hydrogen-bond donors (Lipinski definition) is 1. The van der Waals surface area contributed by atoms with E-state index in [2.05, 4.69) is 22.4 Å². The summed E-state index contributed by atoms with van der Waals surface area (Å²) >= 11 is 0. The number of aromatic nitrogens is 2. The van der Waals surface area contributed by atoms with Crippen molar-refractivity contribution in [1.29, 1.82) is 0 Å². The van der Waals surface area contributed by atoms with E-state index in [1.807, 2.05) is 66.2 Å². The van der Waals surface area contributed by atoms with Crippen LogP contribution in [0.3, 0.4) is 0 Å². The van der Waals surface area contributed by atoms with Gasteiger partial charge in [0.05, 0.1) is 12.0 Å². The summed E-state index contributed by atoms with van der Waals surface area (Å²) in [6.07, 6.45) is 6.33. The standard InChI is InChI=1S/C21H22N4O2/c1-3-17-4-10-20(11-5-17)27-14-21(26)24-23-16(2)18-6-8-19(9-7-18)25-13-12-22-15-25/h4-13,15H,3,14H2,1-2H3,(H,24,26)/b23-16-. The Bertz CT molecular complexity index is 898. The third kappa shape index (κ3) is 5.04. The molecule has 3 aromatic rings. The summed E-state index contributed by atoms with van der Waals surface area (Å²) in [5.74, 6) is 0.363. The van der Waals surface area contributed by atoms with Gasteiger partial charge in [0, 0.05) is 18.1 Å². The molecule has 0 spiro atoms. The lowest BCUT2D eigenvalue weighted by atomic mass is 10.1. The highest BCUT2D eigenvalue weighted by molar-refractivity contribution is 5.99. The molecule has 1 amide bonds. The van der Waals surface area contributed by atoms with Crippen LogP contribution in [0, 0.1) is 0 Å². The molecule has 0 radical (unpaired) electrons. The van der Waals surface area contributed by atoms with E-state index < -0.39 is 0 Å². The minimum atomic E-state index is -0.302. The molecule has 0 unspecified atom stereocenters. The number of amides is 1. The maximum Gasteiger partial charge on any atom is 0.277 e. The highest BCUT2D eigenvalue weighted by atomic mass is 16.5. The Morgan fingerprint density at radius 1 is 1.15 bits per heavy atom. The van der Waals surface area contributed by atoms with Gasteiger partial charge in [0.2, 0.25) is 0 Å². The Hall–Kier alpha value is -3.41.